The molecule has 1 heterocycles. The molecule has 0 bridgehead atoms. The molecule has 2 aromatic carbocycles. The fourth-order valence-electron chi connectivity index (χ4n) is 3.59. The minimum atomic E-state index is -0.521. The van der Waals surface area contributed by atoms with Gasteiger partial charge in [-0.2, -0.15) is 0 Å². The molecule has 0 spiro atoms. The summed E-state index contributed by atoms with van der Waals surface area (Å²) in [5, 5.41) is 0. The van der Waals surface area contributed by atoms with Gasteiger partial charge in [0.2, 0.25) is 0 Å². The van der Waals surface area contributed by atoms with Crippen molar-refractivity contribution in [3.63, 3.8) is 0 Å². The van der Waals surface area contributed by atoms with E-state index in [0.717, 1.165) is 16.9 Å². The number of esters is 1. The monoisotopic (exact) mass is 455 g/mol. The number of carbonyl (C=O) groups excluding carboxylic acids is 2. The van der Waals surface area contributed by atoms with Crippen LogP contribution in [0.15, 0.2) is 108 Å². The van der Waals surface area contributed by atoms with E-state index in [-0.39, 0.29) is 5.91 Å². The molecule has 3 rings (SSSR count). The Bertz CT molecular complexity index is 1140. The quantitative estimate of drug-likeness (QED) is 0.265. The Balaban J connectivity index is 1.75. The lowest BCUT2D eigenvalue weighted by Gasteiger charge is -2.16. The standard InChI is InChI=1S/C29H29NO4/c1-4-5-6-7-8-12-19-30-22(2)27(29(32)33-3)26(28(30)31)20-23-15-17-25(18-16-23)34-21-24-13-10-9-11-14-24/h4-11,13-18,20H,1,12,19,21H2,2-3H3/b6-5-,8-7+,26-20-. The molecule has 1 aliphatic rings. The lowest BCUT2D eigenvalue weighted by atomic mass is 10.0. The number of hydrogen-bond donors (Lipinski definition) is 0. The molecular weight excluding hydrogens is 426 g/mol. The molecule has 2 aromatic rings. The van der Waals surface area contributed by atoms with Gasteiger partial charge in [0.15, 0.2) is 0 Å². The first-order chi connectivity index (χ1) is 16.5. The average Bonchev–Trinajstić information content (AvgIpc) is 3.09. The van der Waals surface area contributed by atoms with Gasteiger partial charge in [0.25, 0.3) is 5.91 Å². The second kappa shape index (κ2) is 12.2. The highest BCUT2D eigenvalue weighted by Crippen LogP contribution is 2.32. The molecule has 34 heavy (non-hydrogen) atoms. The maximum absolute atomic E-state index is 13.2. The van der Waals surface area contributed by atoms with Crippen LogP contribution in [0.3, 0.4) is 0 Å². The lowest BCUT2D eigenvalue weighted by molar-refractivity contribution is -0.136. The molecule has 5 nitrogen and oxygen atoms in total. The summed E-state index contributed by atoms with van der Waals surface area (Å²) >= 11 is 0. The van der Waals surface area contributed by atoms with Crippen LogP contribution in [-0.2, 0) is 20.9 Å². The predicted octanol–water partition coefficient (Wildman–Crippen LogP) is 5.63. The summed E-state index contributed by atoms with van der Waals surface area (Å²) in [6, 6.07) is 17.4. The maximum atomic E-state index is 13.2. The van der Waals surface area contributed by atoms with Gasteiger partial charge in [-0.25, -0.2) is 4.79 Å². The Morgan fingerprint density at radius 3 is 2.44 bits per heavy atom. The minimum Gasteiger partial charge on any atom is -0.489 e. The van der Waals surface area contributed by atoms with Crippen molar-refractivity contribution in [2.45, 2.75) is 20.0 Å². The molecule has 0 aliphatic carbocycles. The highest BCUT2D eigenvalue weighted by molar-refractivity contribution is 6.16. The summed E-state index contributed by atoms with van der Waals surface area (Å²) in [4.78, 5) is 27.3. The molecule has 0 atom stereocenters. The Morgan fingerprint density at radius 2 is 1.76 bits per heavy atom. The highest BCUT2D eigenvalue weighted by Gasteiger charge is 2.36. The van der Waals surface area contributed by atoms with Crippen LogP contribution in [0.5, 0.6) is 5.75 Å². The summed E-state index contributed by atoms with van der Waals surface area (Å²) in [6.07, 6.45) is 11.6. The third-order valence-electron chi connectivity index (χ3n) is 5.35. The van der Waals surface area contributed by atoms with E-state index in [1.807, 2.05) is 78.9 Å². The molecule has 174 valence electrons. The number of nitrogens with zero attached hydrogens (tertiary/aromatic N) is 1. The molecule has 0 saturated heterocycles. The van der Waals surface area contributed by atoms with E-state index in [0.29, 0.717) is 36.4 Å². The molecule has 1 aliphatic heterocycles. The molecule has 0 fully saturated rings. The SMILES string of the molecule is C=C/C=C\C=C\CCN1C(=O)/C(=C\c2ccc(OCc3ccccc3)cc2)C(C(=O)OC)=C1C. The van der Waals surface area contributed by atoms with Crippen molar-refractivity contribution < 1.29 is 19.1 Å². The summed E-state index contributed by atoms with van der Waals surface area (Å²) in [5.41, 5.74) is 3.10. The van der Waals surface area contributed by atoms with Crippen LogP contribution in [0, 0.1) is 0 Å². The zero-order chi connectivity index (χ0) is 24.3. The van der Waals surface area contributed by atoms with Gasteiger partial charge in [0, 0.05) is 12.2 Å². The van der Waals surface area contributed by atoms with Crippen LogP contribution in [0.25, 0.3) is 6.08 Å². The van der Waals surface area contributed by atoms with Crippen molar-refractivity contribution in [2.75, 3.05) is 13.7 Å². The fourth-order valence-corrected chi connectivity index (χ4v) is 3.59. The van der Waals surface area contributed by atoms with Crippen molar-refractivity contribution in [3.05, 3.63) is 120 Å². The molecule has 5 heteroatoms. The first kappa shape index (κ1) is 24.5. The van der Waals surface area contributed by atoms with E-state index >= 15 is 0 Å². The van der Waals surface area contributed by atoms with Crippen molar-refractivity contribution in [2.24, 2.45) is 0 Å². The summed E-state index contributed by atoms with van der Waals surface area (Å²) in [5.74, 6) is -0.00760. The number of methoxy groups -OCH3 is 1. The molecule has 0 N–H and O–H groups in total. The summed E-state index contributed by atoms with van der Waals surface area (Å²) in [7, 11) is 1.32. The topological polar surface area (TPSA) is 55.8 Å². The van der Waals surface area contributed by atoms with Gasteiger partial charge >= 0.3 is 5.97 Å². The zero-order valence-electron chi connectivity index (χ0n) is 19.6. The molecular formula is C29H29NO4. The third kappa shape index (κ3) is 6.23. The number of amides is 1. The van der Waals surface area contributed by atoms with Gasteiger partial charge in [-0.3, -0.25) is 4.79 Å². The second-order valence-corrected chi connectivity index (χ2v) is 7.65. The predicted molar refractivity (Wildman–Crippen MR) is 135 cm³/mol. The largest absolute Gasteiger partial charge is 0.489 e. The van der Waals surface area contributed by atoms with Crippen molar-refractivity contribution in [1.82, 2.24) is 4.90 Å². The van der Waals surface area contributed by atoms with Gasteiger partial charge in [-0.05, 0) is 42.7 Å². The van der Waals surface area contributed by atoms with Gasteiger partial charge in [-0.1, -0.05) is 79.4 Å². The van der Waals surface area contributed by atoms with Gasteiger partial charge in [-0.15, -0.1) is 0 Å². The van der Waals surface area contributed by atoms with Crippen molar-refractivity contribution in [3.8, 4) is 5.75 Å². The number of allylic oxidation sites excluding steroid dienone is 5. The van der Waals surface area contributed by atoms with E-state index in [9.17, 15) is 9.59 Å². The molecule has 0 aromatic heterocycles. The Kier molecular flexibility index (Phi) is 8.81. The fraction of sp³-hybridized carbons (Fsp3) is 0.172. The Labute approximate surface area is 201 Å². The van der Waals surface area contributed by atoms with Crippen molar-refractivity contribution in [1.29, 1.82) is 0 Å². The van der Waals surface area contributed by atoms with E-state index < -0.39 is 5.97 Å². The van der Waals surface area contributed by atoms with E-state index in [1.54, 1.807) is 24.0 Å². The molecule has 1 amide bonds. The van der Waals surface area contributed by atoms with Crippen LogP contribution in [0.2, 0.25) is 0 Å². The normalized spacial score (nSPS) is 15.1. The van der Waals surface area contributed by atoms with Crippen LogP contribution >= 0.6 is 0 Å². The highest BCUT2D eigenvalue weighted by atomic mass is 16.5. The second-order valence-electron chi connectivity index (χ2n) is 7.65. The van der Waals surface area contributed by atoms with Crippen LogP contribution in [0.1, 0.15) is 24.5 Å². The number of rotatable bonds is 10. The van der Waals surface area contributed by atoms with E-state index in [2.05, 4.69) is 6.58 Å². The number of ether oxygens (including phenoxy) is 2. The van der Waals surface area contributed by atoms with Gasteiger partial charge < -0.3 is 14.4 Å². The number of benzene rings is 2. The Hall–Kier alpha value is -4.12. The first-order valence-electron chi connectivity index (χ1n) is 11.1. The zero-order valence-corrected chi connectivity index (χ0v) is 19.6. The van der Waals surface area contributed by atoms with Crippen LogP contribution in [0.4, 0.5) is 0 Å². The van der Waals surface area contributed by atoms with E-state index in [4.69, 9.17) is 9.47 Å². The third-order valence-corrected chi connectivity index (χ3v) is 5.35. The van der Waals surface area contributed by atoms with Crippen LogP contribution < -0.4 is 4.74 Å². The molecule has 0 radical (unpaired) electrons. The van der Waals surface area contributed by atoms with Crippen molar-refractivity contribution >= 4 is 18.0 Å². The summed E-state index contributed by atoms with van der Waals surface area (Å²) in [6.45, 7) is 6.34. The number of carbonyl (C=O) groups is 2. The summed E-state index contributed by atoms with van der Waals surface area (Å²) < 4.78 is 10.8. The minimum absolute atomic E-state index is 0.211. The van der Waals surface area contributed by atoms with Crippen LogP contribution in [-0.4, -0.2) is 30.4 Å². The van der Waals surface area contributed by atoms with Gasteiger partial charge in [0.1, 0.15) is 12.4 Å². The van der Waals surface area contributed by atoms with Gasteiger partial charge in [0.05, 0.1) is 18.3 Å². The lowest BCUT2D eigenvalue weighted by Crippen LogP contribution is -2.25. The molecule has 0 saturated carbocycles. The smallest absolute Gasteiger partial charge is 0.340 e. The number of hydrogen-bond acceptors (Lipinski definition) is 4. The van der Waals surface area contributed by atoms with E-state index in [1.165, 1.54) is 7.11 Å². The molecule has 0 unspecified atom stereocenters. The first-order valence-corrected chi connectivity index (χ1v) is 11.1. The average molecular weight is 456 g/mol. The maximum Gasteiger partial charge on any atom is 0.340 e. The Morgan fingerprint density at radius 1 is 1.03 bits per heavy atom.